The Morgan fingerprint density at radius 3 is 2.00 bits per heavy atom. The molecule has 6 nitrogen and oxygen atoms in total. The van der Waals surface area contributed by atoms with E-state index in [0.29, 0.717) is 5.84 Å². The average Bonchev–Trinajstić information content (AvgIpc) is 2.99. The van der Waals surface area contributed by atoms with E-state index < -0.39 is 0 Å². The third-order valence-corrected chi connectivity index (χ3v) is 6.41. The summed E-state index contributed by atoms with van der Waals surface area (Å²) in [6.07, 6.45) is 8.81. The molecule has 4 heterocycles. The second-order valence-corrected chi connectivity index (χ2v) is 8.76. The molecule has 0 spiro atoms. The van der Waals surface area contributed by atoms with Crippen LogP contribution in [0.2, 0.25) is 0 Å². The molecule has 6 rings (SSSR count). The SMILES string of the molecule is CN1C(c2ccccn2)=NC(c2ccc(-c3cccnc3)cc2)=NC1c1ccc(-c2ccncc2)cc1. The maximum absolute atomic E-state index is 5.09. The van der Waals surface area contributed by atoms with Gasteiger partial charge in [-0.2, -0.15) is 0 Å². The predicted molar refractivity (Wildman–Crippen MR) is 147 cm³/mol. The van der Waals surface area contributed by atoms with Gasteiger partial charge in [-0.15, -0.1) is 0 Å². The molecule has 5 aromatic rings. The van der Waals surface area contributed by atoms with Crippen molar-refractivity contribution < 1.29 is 0 Å². The smallest absolute Gasteiger partial charge is 0.159 e. The van der Waals surface area contributed by atoms with Gasteiger partial charge in [0.1, 0.15) is 5.69 Å². The minimum atomic E-state index is -0.242. The van der Waals surface area contributed by atoms with Crippen molar-refractivity contribution in [2.75, 3.05) is 7.05 Å². The molecule has 0 saturated heterocycles. The Kier molecular flexibility index (Phi) is 6.05. The zero-order valence-corrected chi connectivity index (χ0v) is 20.3. The molecule has 0 N–H and O–H groups in total. The Morgan fingerprint density at radius 1 is 0.595 bits per heavy atom. The second-order valence-electron chi connectivity index (χ2n) is 8.76. The number of amidine groups is 2. The molecule has 37 heavy (non-hydrogen) atoms. The molecule has 0 amide bonds. The van der Waals surface area contributed by atoms with Gasteiger partial charge in [-0.1, -0.05) is 60.7 Å². The lowest BCUT2D eigenvalue weighted by atomic mass is 10.0. The highest BCUT2D eigenvalue weighted by Gasteiger charge is 2.27. The van der Waals surface area contributed by atoms with E-state index in [1.54, 1.807) is 12.4 Å². The molecule has 178 valence electrons. The van der Waals surface area contributed by atoms with E-state index in [4.69, 9.17) is 9.98 Å². The third-order valence-electron chi connectivity index (χ3n) is 6.41. The van der Waals surface area contributed by atoms with Gasteiger partial charge in [0, 0.05) is 43.6 Å². The third kappa shape index (κ3) is 4.65. The number of rotatable bonds is 5. The molecule has 1 aliphatic rings. The maximum atomic E-state index is 5.09. The number of hydrogen-bond donors (Lipinski definition) is 0. The van der Waals surface area contributed by atoms with Crippen LogP contribution >= 0.6 is 0 Å². The van der Waals surface area contributed by atoms with Crippen LogP contribution in [-0.4, -0.2) is 38.6 Å². The molecule has 1 aliphatic heterocycles. The quantitative estimate of drug-likeness (QED) is 0.307. The van der Waals surface area contributed by atoms with E-state index in [9.17, 15) is 0 Å². The molecule has 0 saturated carbocycles. The van der Waals surface area contributed by atoms with Crippen molar-refractivity contribution in [3.8, 4) is 22.3 Å². The molecule has 1 unspecified atom stereocenters. The first-order valence-corrected chi connectivity index (χ1v) is 12.1. The van der Waals surface area contributed by atoms with Crippen molar-refractivity contribution in [3.05, 3.63) is 139 Å². The van der Waals surface area contributed by atoms with Crippen LogP contribution in [0.15, 0.2) is 132 Å². The zero-order chi connectivity index (χ0) is 25.0. The normalized spacial score (nSPS) is 15.2. The number of nitrogens with zero attached hydrogens (tertiary/aromatic N) is 6. The Morgan fingerprint density at radius 2 is 1.30 bits per heavy atom. The maximum Gasteiger partial charge on any atom is 0.159 e. The lowest BCUT2D eigenvalue weighted by Crippen LogP contribution is -2.36. The molecular formula is C31H24N6. The first-order chi connectivity index (χ1) is 18.3. The molecule has 2 aromatic carbocycles. The van der Waals surface area contributed by atoms with Crippen molar-refractivity contribution in [1.82, 2.24) is 19.9 Å². The van der Waals surface area contributed by atoms with E-state index in [1.807, 2.05) is 62.0 Å². The monoisotopic (exact) mass is 480 g/mol. The Hall–Kier alpha value is -4.97. The van der Waals surface area contributed by atoms with Crippen LogP contribution in [0, 0.1) is 0 Å². The zero-order valence-electron chi connectivity index (χ0n) is 20.3. The lowest BCUT2D eigenvalue weighted by Gasteiger charge is -2.32. The number of pyridine rings is 3. The van der Waals surface area contributed by atoms with Gasteiger partial charge >= 0.3 is 0 Å². The van der Waals surface area contributed by atoms with E-state index in [0.717, 1.165) is 44.9 Å². The second kappa shape index (κ2) is 9.95. The van der Waals surface area contributed by atoms with Gasteiger partial charge < -0.3 is 4.90 Å². The predicted octanol–water partition coefficient (Wildman–Crippen LogP) is 6.04. The summed E-state index contributed by atoms with van der Waals surface area (Å²) in [5.74, 6) is 1.46. The summed E-state index contributed by atoms with van der Waals surface area (Å²) >= 11 is 0. The summed E-state index contributed by atoms with van der Waals surface area (Å²) in [5, 5.41) is 0. The Labute approximate surface area is 215 Å². The van der Waals surface area contributed by atoms with Crippen molar-refractivity contribution in [1.29, 1.82) is 0 Å². The minimum absolute atomic E-state index is 0.242. The molecule has 1 atom stereocenters. The fourth-order valence-electron chi connectivity index (χ4n) is 4.43. The van der Waals surface area contributed by atoms with Gasteiger partial charge in [0.25, 0.3) is 0 Å². The van der Waals surface area contributed by atoms with Crippen LogP contribution in [-0.2, 0) is 0 Å². The molecule has 0 radical (unpaired) electrons. The Bertz CT molecular complexity index is 1550. The van der Waals surface area contributed by atoms with E-state index in [2.05, 4.69) is 74.4 Å². The first kappa shape index (κ1) is 22.5. The first-order valence-electron chi connectivity index (χ1n) is 12.1. The highest BCUT2D eigenvalue weighted by Crippen LogP contribution is 2.30. The van der Waals surface area contributed by atoms with E-state index in [-0.39, 0.29) is 6.17 Å². The number of hydrogen-bond acceptors (Lipinski definition) is 6. The van der Waals surface area contributed by atoms with Crippen LogP contribution < -0.4 is 0 Å². The highest BCUT2D eigenvalue weighted by molar-refractivity contribution is 6.12. The molecule has 0 fully saturated rings. The number of benzene rings is 2. The van der Waals surface area contributed by atoms with Crippen LogP contribution in [0.25, 0.3) is 22.3 Å². The summed E-state index contributed by atoms with van der Waals surface area (Å²) in [6.45, 7) is 0. The molecule has 6 heteroatoms. The van der Waals surface area contributed by atoms with Crippen molar-refractivity contribution >= 4 is 11.7 Å². The van der Waals surface area contributed by atoms with Crippen molar-refractivity contribution in [2.45, 2.75) is 6.17 Å². The summed E-state index contributed by atoms with van der Waals surface area (Å²) < 4.78 is 0. The summed E-state index contributed by atoms with van der Waals surface area (Å²) in [4.78, 5) is 25.1. The van der Waals surface area contributed by atoms with Crippen molar-refractivity contribution in [2.24, 2.45) is 9.98 Å². The summed E-state index contributed by atoms with van der Waals surface area (Å²) in [7, 11) is 2.01. The van der Waals surface area contributed by atoms with Crippen LogP contribution in [0.3, 0.4) is 0 Å². The average molecular weight is 481 g/mol. The highest BCUT2D eigenvalue weighted by atomic mass is 15.3. The van der Waals surface area contributed by atoms with E-state index in [1.165, 1.54) is 0 Å². The van der Waals surface area contributed by atoms with Gasteiger partial charge in [0.2, 0.25) is 0 Å². The van der Waals surface area contributed by atoms with Gasteiger partial charge in [-0.25, -0.2) is 9.98 Å². The van der Waals surface area contributed by atoms with Gasteiger partial charge in [-0.05, 0) is 58.1 Å². The fraction of sp³-hybridized carbons (Fsp3) is 0.0645. The lowest BCUT2D eigenvalue weighted by molar-refractivity contribution is 0.382. The van der Waals surface area contributed by atoms with E-state index >= 15 is 0 Å². The Balaban J connectivity index is 1.38. The molecular weight excluding hydrogens is 456 g/mol. The van der Waals surface area contributed by atoms with Crippen LogP contribution in [0.5, 0.6) is 0 Å². The van der Waals surface area contributed by atoms with Gasteiger partial charge in [0.15, 0.2) is 17.8 Å². The van der Waals surface area contributed by atoms with Crippen LogP contribution in [0.1, 0.15) is 23.0 Å². The van der Waals surface area contributed by atoms with Gasteiger partial charge in [0.05, 0.1) is 0 Å². The van der Waals surface area contributed by atoms with Gasteiger partial charge in [-0.3, -0.25) is 15.0 Å². The standard InChI is InChI=1S/C31H24N6/c1-37-30(26-13-9-22(10-14-26)24-15-19-32-20-16-24)35-29(36-31(37)28-6-2-3-18-34-28)25-11-7-23(8-12-25)27-5-4-17-33-21-27/h2-21,30H,1H3. The molecule has 0 aliphatic carbocycles. The van der Waals surface area contributed by atoms with Crippen molar-refractivity contribution in [3.63, 3.8) is 0 Å². The number of aliphatic imine (C=N–C) groups is 2. The minimum Gasteiger partial charge on any atom is -0.332 e. The molecule has 0 bridgehead atoms. The molecule has 3 aromatic heterocycles. The van der Waals surface area contributed by atoms with Crippen LogP contribution in [0.4, 0.5) is 0 Å². The number of aromatic nitrogens is 3. The largest absolute Gasteiger partial charge is 0.332 e. The topological polar surface area (TPSA) is 66.6 Å². The fourth-order valence-corrected chi connectivity index (χ4v) is 4.43. The summed E-state index contributed by atoms with van der Waals surface area (Å²) in [5.41, 5.74) is 7.28. The summed E-state index contributed by atoms with van der Waals surface area (Å²) in [6, 6.07) is 30.7.